The fourth-order valence-corrected chi connectivity index (χ4v) is 2.52. The van der Waals surface area contributed by atoms with Gasteiger partial charge in [0.2, 0.25) is 5.91 Å². The number of methoxy groups -OCH3 is 1. The van der Waals surface area contributed by atoms with E-state index in [1.807, 2.05) is 36.2 Å². The van der Waals surface area contributed by atoms with Gasteiger partial charge in [-0.3, -0.25) is 9.69 Å². The minimum atomic E-state index is 0.217. The number of rotatable bonds is 5. The summed E-state index contributed by atoms with van der Waals surface area (Å²) in [6.07, 6.45) is 1.04. The quantitative estimate of drug-likeness (QED) is 0.877. The summed E-state index contributed by atoms with van der Waals surface area (Å²) in [5.74, 6) is 1.07. The molecule has 0 unspecified atom stereocenters. The fourth-order valence-electron chi connectivity index (χ4n) is 2.52. The highest BCUT2D eigenvalue weighted by atomic mass is 16.5. The molecule has 1 aliphatic rings. The highest BCUT2D eigenvalue weighted by Crippen LogP contribution is 2.12. The lowest BCUT2D eigenvalue weighted by Gasteiger charge is -2.24. The molecule has 21 heavy (non-hydrogen) atoms. The van der Waals surface area contributed by atoms with Crippen LogP contribution in [0, 0.1) is 0 Å². The third-order valence-electron chi connectivity index (χ3n) is 3.71. The summed E-state index contributed by atoms with van der Waals surface area (Å²) < 4.78 is 5.15. The summed E-state index contributed by atoms with van der Waals surface area (Å²) in [5.41, 5.74) is 1.18. The van der Waals surface area contributed by atoms with Crippen LogP contribution in [0.4, 0.5) is 0 Å². The smallest absolute Gasteiger partial charge is 0.236 e. The third kappa shape index (κ3) is 5.02. The molecule has 2 rings (SSSR count). The van der Waals surface area contributed by atoms with E-state index < -0.39 is 0 Å². The van der Waals surface area contributed by atoms with Gasteiger partial charge in [-0.1, -0.05) is 12.1 Å². The van der Waals surface area contributed by atoms with Crippen LogP contribution in [0.1, 0.15) is 12.0 Å². The maximum absolute atomic E-state index is 12.3. The molecule has 1 heterocycles. The molecule has 1 N–H and O–H groups in total. The van der Waals surface area contributed by atoms with Gasteiger partial charge in [-0.2, -0.15) is 0 Å². The number of likely N-dealkylation sites (N-methyl/N-ethyl adjacent to an activating group) is 1. The van der Waals surface area contributed by atoms with Gasteiger partial charge in [0.25, 0.3) is 0 Å². The predicted molar refractivity (Wildman–Crippen MR) is 83.4 cm³/mol. The SMILES string of the molecule is COc1ccc(CN(C)CC(=O)N2CCCNCC2)cc1. The van der Waals surface area contributed by atoms with Crippen molar-refractivity contribution < 1.29 is 9.53 Å². The van der Waals surface area contributed by atoms with Crippen molar-refractivity contribution in [1.82, 2.24) is 15.1 Å². The van der Waals surface area contributed by atoms with Gasteiger partial charge < -0.3 is 15.0 Å². The van der Waals surface area contributed by atoms with E-state index in [1.165, 1.54) is 5.56 Å². The standard InChI is InChI=1S/C16H25N3O2/c1-18(12-14-4-6-15(21-2)7-5-14)13-16(20)19-10-3-8-17-9-11-19/h4-7,17H,3,8-13H2,1-2H3. The number of nitrogens with one attached hydrogen (secondary N) is 1. The van der Waals surface area contributed by atoms with E-state index in [0.717, 1.165) is 44.9 Å². The zero-order valence-electron chi connectivity index (χ0n) is 13.0. The number of hydrogen-bond donors (Lipinski definition) is 1. The molecule has 1 amide bonds. The Kier molecular flexibility index (Phi) is 6.02. The lowest BCUT2D eigenvalue weighted by molar-refractivity contribution is -0.132. The molecule has 0 spiro atoms. The Morgan fingerprint density at radius 3 is 2.76 bits per heavy atom. The van der Waals surface area contributed by atoms with Crippen LogP contribution >= 0.6 is 0 Å². The Balaban J connectivity index is 1.82. The van der Waals surface area contributed by atoms with Gasteiger partial charge in [-0.05, 0) is 37.7 Å². The van der Waals surface area contributed by atoms with Crippen LogP contribution in [0.15, 0.2) is 24.3 Å². The van der Waals surface area contributed by atoms with Crippen molar-refractivity contribution in [3.8, 4) is 5.75 Å². The molecular formula is C16H25N3O2. The van der Waals surface area contributed by atoms with E-state index in [-0.39, 0.29) is 5.91 Å². The number of hydrogen-bond acceptors (Lipinski definition) is 4. The molecule has 0 radical (unpaired) electrons. The summed E-state index contributed by atoms with van der Waals surface area (Å²) in [6, 6.07) is 7.97. The predicted octanol–water partition coefficient (Wildman–Crippen LogP) is 0.949. The average molecular weight is 291 g/mol. The highest BCUT2D eigenvalue weighted by Gasteiger charge is 2.16. The van der Waals surface area contributed by atoms with Crippen molar-refractivity contribution in [3.05, 3.63) is 29.8 Å². The van der Waals surface area contributed by atoms with E-state index in [4.69, 9.17) is 4.74 Å². The lowest BCUT2D eigenvalue weighted by Crippen LogP contribution is -2.40. The van der Waals surface area contributed by atoms with E-state index in [9.17, 15) is 4.79 Å². The topological polar surface area (TPSA) is 44.8 Å². The van der Waals surface area contributed by atoms with E-state index >= 15 is 0 Å². The largest absolute Gasteiger partial charge is 0.497 e. The summed E-state index contributed by atoms with van der Waals surface area (Å²) in [7, 11) is 3.65. The zero-order chi connectivity index (χ0) is 15.1. The van der Waals surface area contributed by atoms with Crippen LogP contribution in [0.2, 0.25) is 0 Å². The van der Waals surface area contributed by atoms with Crippen molar-refractivity contribution in [2.24, 2.45) is 0 Å². The van der Waals surface area contributed by atoms with E-state index in [1.54, 1.807) is 7.11 Å². The first-order chi connectivity index (χ1) is 10.2. The van der Waals surface area contributed by atoms with Crippen LogP contribution in [0.5, 0.6) is 5.75 Å². The van der Waals surface area contributed by atoms with Crippen molar-refractivity contribution in [1.29, 1.82) is 0 Å². The monoisotopic (exact) mass is 291 g/mol. The molecule has 0 bridgehead atoms. The Bertz CT molecular complexity index is 439. The molecule has 1 saturated heterocycles. The van der Waals surface area contributed by atoms with Gasteiger partial charge in [-0.25, -0.2) is 0 Å². The minimum absolute atomic E-state index is 0.217. The van der Waals surface area contributed by atoms with Gasteiger partial charge in [-0.15, -0.1) is 0 Å². The number of carbonyl (C=O) groups excluding carboxylic acids is 1. The number of carbonyl (C=O) groups is 1. The maximum Gasteiger partial charge on any atom is 0.236 e. The van der Waals surface area contributed by atoms with Gasteiger partial charge in [0.05, 0.1) is 13.7 Å². The molecule has 1 aromatic carbocycles. The van der Waals surface area contributed by atoms with Gasteiger partial charge in [0.1, 0.15) is 5.75 Å². The van der Waals surface area contributed by atoms with Gasteiger partial charge in [0, 0.05) is 26.2 Å². The number of amides is 1. The summed E-state index contributed by atoms with van der Waals surface area (Å²) in [6.45, 7) is 4.81. The molecule has 1 fully saturated rings. The molecule has 1 aromatic rings. The molecule has 5 nitrogen and oxygen atoms in total. The number of nitrogens with zero attached hydrogens (tertiary/aromatic N) is 2. The van der Waals surface area contributed by atoms with E-state index in [2.05, 4.69) is 10.2 Å². The van der Waals surface area contributed by atoms with Crippen LogP contribution in [-0.4, -0.2) is 62.6 Å². The first-order valence-electron chi connectivity index (χ1n) is 7.49. The second-order valence-corrected chi connectivity index (χ2v) is 5.50. The van der Waals surface area contributed by atoms with Crippen LogP contribution in [-0.2, 0) is 11.3 Å². The molecule has 5 heteroatoms. The molecule has 0 atom stereocenters. The second-order valence-electron chi connectivity index (χ2n) is 5.50. The highest BCUT2D eigenvalue weighted by molar-refractivity contribution is 5.78. The Morgan fingerprint density at radius 2 is 2.05 bits per heavy atom. The number of ether oxygens (including phenoxy) is 1. The molecule has 0 aliphatic carbocycles. The average Bonchev–Trinajstić information content (AvgIpc) is 2.77. The first kappa shape index (κ1) is 15.8. The summed E-state index contributed by atoms with van der Waals surface area (Å²) >= 11 is 0. The van der Waals surface area contributed by atoms with E-state index in [0.29, 0.717) is 6.54 Å². The zero-order valence-corrected chi connectivity index (χ0v) is 13.0. The fraction of sp³-hybridized carbons (Fsp3) is 0.562. The Labute approximate surface area is 126 Å². The van der Waals surface area contributed by atoms with Crippen molar-refractivity contribution in [2.45, 2.75) is 13.0 Å². The molecular weight excluding hydrogens is 266 g/mol. The number of benzene rings is 1. The van der Waals surface area contributed by atoms with Gasteiger partial charge >= 0.3 is 0 Å². The second kappa shape index (κ2) is 8.00. The summed E-state index contributed by atoms with van der Waals surface area (Å²) in [5, 5.41) is 3.32. The first-order valence-corrected chi connectivity index (χ1v) is 7.49. The minimum Gasteiger partial charge on any atom is -0.497 e. The third-order valence-corrected chi connectivity index (χ3v) is 3.71. The van der Waals surface area contributed by atoms with Gasteiger partial charge in [0.15, 0.2) is 0 Å². The van der Waals surface area contributed by atoms with Crippen molar-refractivity contribution in [2.75, 3.05) is 46.9 Å². The Morgan fingerprint density at radius 1 is 1.29 bits per heavy atom. The normalized spacial score (nSPS) is 15.9. The van der Waals surface area contributed by atoms with Crippen LogP contribution in [0.25, 0.3) is 0 Å². The molecule has 0 aromatic heterocycles. The lowest BCUT2D eigenvalue weighted by atomic mass is 10.2. The van der Waals surface area contributed by atoms with Crippen LogP contribution < -0.4 is 10.1 Å². The summed E-state index contributed by atoms with van der Waals surface area (Å²) in [4.78, 5) is 16.3. The Hall–Kier alpha value is -1.59. The molecule has 0 saturated carbocycles. The van der Waals surface area contributed by atoms with Crippen molar-refractivity contribution >= 4 is 5.91 Å². The van der Waals surface area contributed by atoms with Crippen LogP contribution in [0.3, 0.4) is 0 Å². The molecule has 1 aliphatic heterocycles. The van der Waals surface area contributed by atoms with Crippen molar-refractivity contribution in [3.63, 3.8) is 0 Å². The maximum atomic E-state index is 12.3. The molecule has 116 valence electrons.